The maximum absolute atomic E-state index is 12.1. The lowest BCUT2D eigenvalue weighted by molar-refractivity contribution is 0.0955. The molecule has 0 bridgehead atoms. The highest BCUT2D eigenvalue weighted by Crippen LogP contribution is 2.24. The van der Waals surface area contributed by atoms with Crippen LogP contribution in [-0.2, 0) is 0 Å². The van der Waals surface area contributed by atoms with Crippen LogP contribution in [0.3, 0.4) is 0 Å². The molecule has 0 heterocycles. The van der Waals surface area contributed by atoms with Gasteiger partial charge in [-0.05, 0) is 37.1 Å². The topological polar surface area (TPSA) is 70.6 Å². The van der Waals surface area contributed by atoms with Crippen LogP contribution in [0.5, 0.6) is 11.5 Å². The van der Waals surface area contributed by atoms with E-state index in [1.165, 1.54) is 0 Å². The maximum atomic E-state index is 12.1. The van der Waals surface area contributed by atoms with E-state index in [0.717, 1.165) is 31.4 Å². The first-order valence-corrected chi connectivity index (χ1v) is 8.29. The van der Waals surface area contributed by atoms with Gasteiger partial charge in [-0.3, -0.25) is 0 Å². The molecular weight excluding hydrogens is 304 g/mol. The minimum Gasteiger partial charge on any atom is -0.457 e. The molecular formula is C19H22N2O3. The second-order valence-corrected chi connectivity index (χ2v) is 6.00. The molecule has 2 unspecified atom stereocenters. The first-order valence-electron chi connectivity index (χ1n) is 8.29. The number of anilines is 1. The van der Waals surface area contributed by atoms with Gasteiger partial charge in [0.15, 0.2) is 0 Å². The van der Waals surface area contributed by atoms with E-state index < -0.39 is 6.10 Å². The molecule has 1 saturated carbocycles. The molecule has 5 heteroatoms. The van der Waals surface area contributed by atoms with Crippen LogP contribution in [0.1, 0.15) is 25.7 Å². The van der Waals surface area contributed by atoms with E-state index >= 15 is 0 Å². The number of hydrogen-bond acceptors (Lipinski definition) is 3. The molecule has 1 aliphatic rings. The Hall–Kier alpha value is -2.53. The molecule has 126 valence electrons. The number of para-hydroxylation sites is 1. The molecule has 0 radical (unpaired) electrons. The second-order valence-electron chi connectivity index (χ2n) is 6.00. The Balaban J connectivity index is 1.58. The van der Waals surface area contributed by atoms with Crippen LogP contribution in [0.25, 0.3) is 0 Å². The summed E-state index contributed by atoms with van der Waals surface area (Å²) in [5, 5.41) is 15.6. The summed E-state index contributed by atoms with van der Waals surface area (Å²) in [6.45, 7) is 0. The van der Waals surface area contributed by atoms with Crippen molar-refractivity contribution in [3.63, 3.8) is 0 Å². The Morgan fingerprint density at radius 2 is 1.75 bits per heavy atom. The number of amides is 2. The lowest BCUT2D eigenvalue weighted by Gasteiger charge is -2.28. The molecule has 0 saturated heterocycles. The number of urea groups is 1. The fraction of sp³-hybridized carbons (Fsp3) is 0.316. The summed E-state index contributed by atoms with van der Waals surface area (Å²) < 4.78 is 5.76. The Labute approximate surface area is 141 Å². The van der Waals surface area contributed by atoms with Gasteiger partial charge in [-0.1, -0.05) is 37.1 Å². The van der Waals surface area contributed by atoms with Crippen LogP contribution >= 0.6 is 0 Å². The first kappa shape index (κ1) is 16.3. The van der Waals surface area contributed by atoms with Crippen LogP contribution in [-0.4, -0.2) is 23.3 Å². The van der Waals surface area contributed by atoms with E-state index in [1.54, 1.807) is 12.1 Å². The van der Waals surface area contributed by atoms with Gasteiger partial charge in [-0.2, -0.15) is 0 Å². The Morgan fingerprint density at radius 1 is 1.00 bits per heavy atom. The molecule has 24 heavy (non-hydrogen) atoms. The van der Waals surface area contributed by atoms with Crippen LogP contribution in [0.4, 0.5) is 10.5 Å². The Bertz CT molecular complexity index is 675. The molecule has 3 N–H and O–H groups in total. The number of benzene rings is 2. The quantitative estimate of drug-likeness (QED) is 0.798. The fourth-order valence-electron chi connectivity index (χ4n) is 2.88. The molecule has 1 aliphatic carbocycles. The number of nitrogens with one attached hydrogen (secondary N) is 2. The summed E-state index contributed by atoms with van der Waals surface area (Å²) in [4.78, 5) is 12.1. The predicted octanol–water partition coefficient (Wildman–Crippen LogP) is 3.90. The highest BCUT2D eigenvalue weighted by Gasteiger charge is 2.24. The molecule has 0 aliphatic heterocycles. The molecule has 2 aromatic carbocycles. The van der Waals surface area contributed by atoms with Crippen molar-refractivity contribution in [2.24, 2.45) is 0 Å². The SMILES string of the molecule is O=C(Nc1cccc(Oc2ccccc2)c1)NC1CCCCC1O. The number of hydrogen-bond donors (Lipinski definition) is 3. The molecule has 5 nitrogen and oxygen atoms in total. The number of carbonyl (C=O) groups excluding carboxylic acids is 1. The molecule has 2 aromatic rings. The van der Waals surface area contributed by atoms with Gasteiger partial charge in [0.05, 0.1) is 12.1 Å². The van der Waals surface area contributed by atoms with Gasteiger partial charge in [0.1, 0.15) is 11.5 Å². The third kappa shape index (κ3) is 4.49. The minimum atomic E-state index is -0.461. The predicted molar refractivity (Wildman–Crippen MR) is 93.4 cm³/mol. The molecule has 0 spiro atoms. The number of ether oxygens (including phenoxy) is 1. The summed E-state index contributed by atoms with van der Waals surface area (Å²) in [7, 11) is 0. The van der Waals surface area contributed by atoms with Crippen LogP contribution < -0.4 is 15.4 Å². The lowest BCUT2D eigenvalue weighted by Crippen LogP contribution is -2.46. The van der Waals surface area contributed by atoms with Gasteiger partial charge < -0.3 is 20.5 Å². The molecule has 0 aromatic heterocycles. The van der Waals surface area contributed by atoms with Crippen molar-refractivity contribution in [1.82, 2.24) is 5.32 Å². The van der Waals surface area contributed by atoms with Gasteiger partial charge in [0.2, 0.25) is 0 Å². The number of rotatable bonds is 4. The van der Waals surface area contributed by atoms with Gasteiger partial charge in [0, 0.05) is 11.8 Å². The standard InChI is InChI=1S/C19H22N2O3/c22-18-12-5-4-11-17(18)21-19(23)20-14-7-6-10-16(13-14)24-15-8-2-1-3-9-15/h1-3,6-10,13,17-18,22H,4-5,11-12H2,(H2,20,21,23). The Kier molecular flexibility index (Phi) is 5.33. The fourth-order valence-corrected chi connectivity index (χ4v) is 2.88. The van der Waals surface area contributed by atoms with Crippen LogP contribution in [0.2, 0.25) is 0 Å². The van der Waals surface area contributed by atoms with Crippen molar-refractivity contribution >= 4 is 11.7 Å². The van der Waals surface area contributed by atoms with Crippen molar-refractivity contribution in [3.05, 3.63) is 54.6 Å². The van der Waals surface area contributed by atoms with Crippen molar-refractivity contribution in [1.29, 1.82) is 0 Å². The van der Waals surface area contributed by atoms with E-state index in [4.69, 9.17) is 4.74 Å². The lowest BCUT2D eigenvalue weighted by atomic mass is 9.93. The van der Waals surface area contributed by atoms with Gasteiger partial charge in [-0.25, -0.2) is 4.79 Å². The number of carbonyl (C=O) groups is 1. The summed E-state index contributed by atoms with van der Waals surface area (Å²) in [6.07, 6.45) is 3.14. The van der Waals surface area contributed by atoms with E-state index in [0.29, 0.717) is 11.4 Å². The number of aliphatic hydroxyl groups excluding tert-OH is 1. The summed E-state index contributed by atoms with van der Waals surface area (Å²) in [5.41, 5.74) is 0.645. The third-order valence-corrected chi connectivity index (χ3v) is 4.12. The summed E-state index contributed by atoms with van der Waals surface area (Å²) in [6, 6.07) is 16.2. The van der Waals surface area contributed by atoms with E-state index in [1.807, 2.05) is 42.5 Å². The minimum absolute atomic E-state index is 0.178. The normalized spacial score (nSPS) is 20.2. The highest BCUT2D eigenvalue weighted by atomic mass is 16.5. The van der Waals surface area contributed by atoms with Crippen molar-refractivity contribution < 1.29 is 14.6 Å². The average Bonchev–Trinajstić information content (AvgIpc) is 2.58. The van der Waals surface area contributed by atoms with E-state index in [2.05, 4.69) is 10.6 Å². The maximum Gasteiger partial charge on any atom is 0.319 e. The van der Waals surface area contributed by atoms with E-state index in [9.17, 15) is 9.90 Å². The zero-order chi connectivity index (χ0) is 16.8. The average molecular weight is 326 g/mol. The second kappa shape index (κ2) is 7.84. The molecule has 2 atom stereocenters. The molecule has 3 rings (SSSR count). The summed E-state index contributed by atoms with van der Waals surface area (Å²) >= 11 is 0. The van der Waals surface area contributed by atoms with Crippen LogP contribution in [0.15, 0.2) is 54.6 Å². The highest BCUT2D eigenvalue weighted by molar-refractivity contribution is 5.89. The largest absolute Gasteiger partial charge is 0.457 e. The molecule has 1 fully saturated rings. The monoisotopic (exact) mass is 326 g/mol. The zero-order valence-corrected chi connectivity index (χ0v) is 13.4. The van der Waals surface area contributed by atoms with E-state index in [-0.39, 0.29) is 12.1 Å². The first-order chi connectivity index (χ1) is 11.7. The Morgan fingerprint density at radius 3 is 2.54 bits per heavy atom. The third-order valence-electron chi connectivity index (χ3n) is 4.12. The summed E-state index contributed by atoms with van der Waals surface area (Å²) in [5.74, 6) is 1.39. The van der Waals surface area contributed by atoms with Crippen molar-refractivity contribution in [2.75, 3.05) is 5.32 Å². The van der Waals surface area contributed by atoms with Crippen molar-refractivity contribution in [2.45, 2.75) is 37.8 Å². The van der Waals surface area contributed by atoms with Gasteiger partial charge >= 0.3 is 6.03 Å². The number of aliphatic hydroxyl groups is 1. The van der Waals surface area contributed by atoms with Crippen molar-refractivity contribution in [3.8, 4) is 11.5 Å². The zero-order valence-electron chi connectivity index (χ0n) is 13.4. The van der Waals surface area contributed by atoms with Gasteiger partial charge in [0.25, 0.3) is 0 Å². The van der Waals surface area contributed by atoms with Crippen LogP contribution in [0, 0.1) is 0 Å². The molecule has 2 amide bonds. The smallest absolute Gasteiger partial charge is 0.319 e. The van der Waals surface area contributed by atoms with Gasteiger partial charge in [-0.15, -0.1) is 0 Å².